The van der Waals surface area contributed by atoms with E-state index in [-0.39, 0.29) is 17.9 Å². The highest BCUT2D eigenvalue weighted by atomic mass is 16.5. The van der Waals surface area contributed by atoms with Gasteiger partial charge in [0.15, 0.2) is 6.61 Å². The molecule has 1 aromatic carbocycles. The van der Waals surface area contributed by atoms with Crippen LogP contribution in [0.4, 0.5) is 0 Å². The highest BCUT2D eigenvalue weighted by Gasteiger charge is 2.42. The highest BCUT2D eigenvalue weighted by molar-refractivity contribution is 5.77. The summed E-state index contributed by atoms with van der Waals surface area (Å²) in [6, 6.07) is 7.46. The molecular weight excluding hydrogens is 268 g/mol. The van der Waals surface area contributed by atoms with Crippen molar-refractivity contribution in [3.8, 4) is 5.75 Å². The Balaban J connectivity index is 1.67. The molecule has 0 aliphatic heterocycles. The van der Waals surface area contributed by atoms with Crippen molar-refractivity contribution in [1.29, 1.82) is 0 Å². The van der Waals surface area contributed by atoms with E-state index in [1.54, 1.807) is 7.11 Å². The highest BCUT2D eigenvalue weighted by Crippen LogP contribution is 2.48. The van der Waals surface area contributed by atoms with Gasteiger partial charge in [0.1, 0.15) is 5.75 Å². The maximum Gasteiger partial charge on any atom is 0.257 e. The Morgan fingerprint density at radius 2 is 2.05 bits per heavy atom. The average Bonchev–Trinajstić information content (AvgIpc) is 3.30. The summed E-state index contributed by atoms with van der Waals surface area (Å²) in [6.07, 6.45) is 3.33. The van der Waals surface area contributed by atoms with Gasteiger partial charge < -0.3 is 20.5 Å². The van der Waals surface area contributed by atoms with Crippen LogP contribution in [0.1, 0.15) is 24.8 Å². The van der Waals surface area contributed by atoms with Gasteiger partial charge >= 0.3 is 0 Å². The number of carbonyl (C=O) groups is 1. The molecule has 1 saturated carbocycles. The average molecular weight is 292 g/mol. The van der Waals surface area contributed by atoms with Gasteiger partial charge in [-0.15, -0.1) is 0 Å². The third-order valence-corrected chi connectivity index (χ3v) is 3.98. The maximum atomic E-state index is 11.8. The lowest BCUT2D eigenvalue weighted by Crippen LogP contribution is -2.34. The Bertz CT molecular complexity index is 455. The number of nitrogens with two attached hydrogens (primary N) is 1. The summed E-state index contributed by atoms with van der Waals surface area (Å²) in [5, 5.41) is 2.95. The number of rotatable bonds is 9. The summed E-state index contributed by atoms with van der Waals surface area (Å²) in [6.45, 7) is 2.01. The zero-order valence-electron chi connectivity index (χ0n) is 12.6. The van der Waals surface area contributed by atoms with E-state index in [0.29, 0.717) is 18.8 Å². The molecule has 1 amide bonds. The first kappa shape index (κ1) is 15.8. The molecule has 116 valence electrons. The fourth-order valence-corrected chi connectivity index (χ4v) is 2.22. The van der Waals surface area contributed by atoms with Crippen LogP contribution in [0.3, 0.4) is 0 Å². The van der Waals surface area contributed by atoms with Gasteiger partial charge in [-0.25, -0.2) is 0 Å². The minimum atomic E-state index is -0.0819. The van der Waals surface area contributed by atoms with E-state index in [1.165, 1.54) is 0 Å². The van der Waals surface area contributed by atoms with Crippen molar-refractivity contribution in [2.75, 3.05) is 26.9 Å². The summed E-state index contributed by atoms with van der Waals surface area (Å²) in [5.41, 5.74) is 6.83. The van der Waals surface area contributed by atoms with Crippen LogP contribution in [0, 0.1) is 5.41 Å². The normalized spacial score (nSPS) is 15.5. The second kappa shape index (κ2) is 7.43. The fourth-order valence-electron chi connectivity index (χ4n) is 2.22. The summed E-state index contributed by atoms with van der Waals surface area (Å²) in [7, 11) is 1.71. The molecule has 2 rings (SSSR count). The number of amides is 1. The predicted molar refractivity (Wildman–Crippen MR) is 81.0 cm³/mol. The first-order chi connectivity index (χ1) is 10.2. The molecule has 1 fully saturated rings. The van der Waals surface area contributed by atoms with Crippen LogP contribution in [0.25, 0.3) is 0 Å². The number of methoxy groups -OCH3 is 1. The lowest BCUT2D eigenvalue weighted by Gasteiger charge is -2.15. The molecule has 0 spiro atoms. The third-order valence-electron chi connectivity index (χ3n) is 3.98. The SMILES string of the molecule is COCCC1(CNC(=O)COc2ccc(CN)cc2)CC1. The Labute approximate surface area is 125 Å². The van der Waals surface area contributed by atoms with Crippen molar-refractivity contribution < 1.29 is 14.3 Å². The van der Waals surface area contributed by atoms with Gasteiger partial charge in [-0.1, -0.05) is 12.1 Å². The molecule has 1 aliphatic rings. The van der Waals surface area contributed by atoms with Crippen molar-refractivity contribution in [2.24, 2.45) is 11.1 Å². The molecule has 21 heavy (non-hydrogen) atoms. The van der Waals surface area contributed by atoms with Gasteiger partial charge in [0, 0.05) is 26.8 Å². The van der Waals surface area contributed by atoms with Crippen LogP contribution in [-0.4, -0.2) is 32.8 Å². The van der Waals surface area contributed by atoms with Crippen molar-refractivity contribution in [3.05, 3.63) is 29.8 Å². The first-order valence-electron chi connectivity index (χ1n) is 7.35. The lowest BCUT2D eigenvalue weighted by molar-refractivity contribution is -0.123. The van der Waals surface area contributed by atoms with Gasteiger partial charge in [-0.2, -0.15) is 0 Å². The lowest BCUT2D eigenvalue weighted by atomic mass is 10.0. The number of carbonyl (C=O) groups excluding carboxylic acids is 1. The molecule has 3 N–H and O–H groups in total. The van der Waals surface area contributed by atoms with Crippen molar-refractivity contribution in [2.45, 2.75) is 25.8 Å². The van der Waals surface area contributed by atoms with Crippen LogP contribution in [0.2, 0.25) is 0 Å². The molecule has 1 aromatic rings. The number of ether oxygens (including phenoxy) is 2. The fraction of sp³-hybridized carbons (Fsp3) is 0.562. The molecule has 0 bridgehead atoms. The second-order valence-corrected chi connectivity index (χ2v) is 5.66. The van der Waals surface area contributed by atoms with E-state index >= 15 is 0 Å². The molecule has 0 atom stereocenters. The van der Waals surface area contributed by atoms with E-state index in [9.17, 15) is 4.79 Å². The van der Waals surface area contributed by atoms with Gasteiger partial charge in [0.2, 0.25) is 0 Å². The molecule has 5 nitrogen and oxygen atoms in total. The standard InChI is InChI=1S/C16H24N2O3/c1-20-9-8-16(6-7-16)12-18-15(19)11-21-14-4-2-13(10-17)3-5-14/h2-5H,6-12,17H2,1H3,(H,18,19). The number of hydrogen-bond donors (Lipinski definition) is 2. The number of hydrogen-bond acceptors (Lipinski definition) is 4. The molecular formula is C16H24N2O3. The van der Waals surface area contributed by atoms with Crippen LogP contribution in [0.15, 0.2) is 24.3 Å². The van der Waals surface area contributed by atoms with Gasteiger partial charge in [-0.3, -0.25) is 4.79 Å². The van der Waals surface area contributed by atoms with Crippen molar-refractivity contribution in [1.82, 2.24) is 5.32 Å². The van der Waals surface area contributed by atoms with E-state index in [1.807, 2.05) is 24.3 Å². The Kier molecular flexibility index (Phi) is 5.59. The molecule has 0 aromatic heterocycles. The Hall–Kier alpha value is -1.59. The number of benzene rings is 1. The third kappa shape index (κ3) is 5.02. The monoisotopic (exact) mass is 292 g/mol. The van der Waals surface area contributed by atoms with E-state index < -0.39 is 0 Å². The smallest absolute Gasteiger partial charge is 0.257 e. The zero-order chi connectivity index (χ0) is 15.1. The molecule has 1 aliphatic carbocycles. The van der Waals surface area contributed by atoms with E-state index in [2.05, 4.69) is 5.32 Å². The van der Waals surface area contributed by atoms with Crippen LogP contribution in [0.5, 0.6) is 5.75 Å². The topological polar surface area (TPSA) is 73.6 Å². The van der Waals surface area contributed by atoms with Gasteiger partial charge in [0.05, 0.1) is 0 Å². The predicted octanol–water partition coefficient (Wildman–Crippen LogP) is 1.46. The van der Waals surface area contributed by atoms with E-state index in [4.69, 9.17) is 15.2 Å². The Morgan fingerprint density at radius 1 is 1.33 bits per heavy atom. The van der Waals surface area contributed by atoms with E-state index in [0.717, 1.165) is 31.4 Å². The van der Waals surface area contributed by atoms with Crippen molar-refractivity contribution in [3.63, 3.8) is 0 Å². The summed E-state index contributed by atoms with van der Waals surface area (Å²) in [5.74, 6) is 0.601. The van der Waals surface area contributed by atoms with Crippen molar-refractivity contribution >= 4 is 5.91 Å². The number of nitrogens with one attached hydrogen (secondary N) is 1. The summed E-state index contributed by atoms with van der Waals surface area (Å²) >= 11 is 0. The first-order valence-corrected chi connectivity index (χ1v) is 7.35. The molecule has 0 saturated heterocycles. The van der Waals surface area contributed by atoms with Crippen LogP contribution >= 0.6 is 0 Å². The molecule has 0 unspecified atom stereocenters. The van der Waals surface area contributed by atoms with Crippen LogP contribution < -0.4 is 15.8 Å². The minimum Gasteiger partial charge on any atom is -0.484 e. The zero-order valence-corrected chi connectivity index (χ0v) is 12.6. The molecule has 5 heteroatoms. The summed E-state index contributed by atoms with van der Waals surface area (Å²) < 4.78 is 10.6. The van der Waals surface area contributed by atoms with Gasteiger partial charge in [-0.05, 0) is 42.4 Å². The second-order valence-electron chi connectivity index (χ2n) is 5.66. The molecule has 0 heterocycles. The maximum absolute atomic E-state index is 11.8. The minimum absolute atomic E-state index is 0.0440. The van der Waals surface area contributed by atoms with Gasteiger partial charge in [0.25, 0.3) is 5.91 Å². The quantitative estimate of drug-likeness (QED) is 0.722. The molecule has 0 radical (unpaired) electrons. The van der Waals surface area contributed by atoms with Crippen LogP contribution in [-0.2, 0) is 16.1 Å². The Morgan fingerprint density at radius 3 is 2.62 bits per heavy atom. The summed E-state index contributed by atoms with van der Waals surface area (Å²) in [4.78, 5) is 11.8. The largest absolute Gasteiger partial charge is 0.484 e.